The van der Waals surface area contributed by atoms with Crippen LogP contribution in [0.5, 0.6) is 5.06 Å². The first kappa shape index (κ1) is 16.3. The zero-order chi connectivity index (χ0) is 16.4. The lowest BCUT2D eigenvalue weighted by molar-refractivity contribution is -0.128. The highest BCUT2D eigenvalue weighted by atomic mass is 32.1. The van der Waals surface area contributed by atoms with E-state index in [1.807, 2.05) is 10.3 Å². The number of likely N-dealkylation sites (tertiary alicyclic amines) is 1. The Balaban J connectivity index is 1.78. The smallest absolute Gasteiger partial charge is 0.256 e. The lowest BCUT2D eigenvalue weighted by atomic mass is 9.76. The van der Waals surface area contributed by atoms with Crippen LogP contribution < -0.4 is 10.1 Å². The van der Waals surface area contributed by atoms with Crippen molar-refractivity contribution in [1.82, 2.24) is 10.2 Å². The molecule has 0 aliphatic carbocycles. The summed E-state index contributed by atoms with van der Waals surface area (Å²) in [6.45, 7) is 4.20. The molecule has 1 atom stereocenters. The number of hydrogen-bond donors (Lipinski definition) is 1. The van der Waals surface area contributed by atoms with Crippen molar-refractivity contribution in [2.24, 2.45) is 5.41 Å². The van der Waals surface area contributed by atoms with Gasteiger partial charge in [-0.2, -0.15) is 0 Å². The van der Waals surface area contributed by atoms with Crippen molar-refractivity contribution >= 4 is 23.2 Å². The minimum Gasteiger partial charge on any atom is -0.487 e. The zero-order valence-corrected chi connectivity index (χ0v) is 14.3. The molecule has 0 radical (unpaired) electrons. The van der Waals surface area contributed by atoms with Crippen LogP contribution >= 0.6 is 11.3 Å². The van der Waals surface area contributed by atoms with Crippen LogP contribution in [0.4, 0.5) is 0 Å². The molecule has 1 aromatic rings. The molecular formula is C16H22N2O4S. The van der Waals surface area contributed by atoms with E-state index in [2.05, 4.69) is 5.32 Å². The van der Waals surface area contributed by atoms with Gasteiger partial charge < -0.3 is 19.7 Å². The molecule has 1 N–H and O–H groups in total. The quantitative estimate of drug-likeness (QED) is 0.907. The third kappa shape index (κ3) is 3.07. The average molecular weight is 338 g/mol. The Morgan fingerprint density at radius 2 is 2.17 bits per heavy atom. The number of nitrogens with zero attached hydrogens (tertiary/aromatic N) is 1. The van der Waals surface area contributed by atoms with Gasteiger partial charge in [0.05, 0.1) is 18.7 Å². The molecule has 0 bridgehead atoms. The molecule has 0 saturated carbocycles. The summed E-state index contributed by atoms with van der Waals surface area (Å²) < 4.78 is 10.7. The van der Waals surface area contributed by atoms with Crippen molar-refractivity contribution in [3.63, 3.8) is 0 Å². The third-order valence-corrected chi connectivity index (χ3v) is 5.82. The van der Waals surface area contributed by atoms with Crippen LogP contribution in [-0.2, 0) is 9.53 Å². The van der Waals surface area contributed by atoms with Crippen LogP contribution in [0.3, 0.4) is 0 Å². The minimum atomic E-state index is -0.135. The molecule has 2 amide bonds. The molecule has 1 aromatic heterocycles. The van der Waals surface area contributed by atoms with Gasteiger partial charge in [-0.25, -0.2) is 0 Å². The summed E-state index contributed by atoms with van der Waals surface area (Å²) in [7, 11) is 1.57. The lowest BCUT2D eigenvalue weighted by Gasteiger charge is -2.38. The van der Waals surface area contributed by atoms with Gasteiger partial charge in [0.15, 0.2) is 5.06 Å². The predicted molar refractivity (Wildman–Crippen MR) is 86.9 cm³/mol. The Morgan fingerprint density at radius 1 is 1.43 bits per heavy atom. The SMILES string of the molecule is COc1sccc1C(=O)NC1CN(C(C)=O)CC12CCOCC2. The second-order valence-corrected chi connectivity index (χ2v) is 7.10. The van der Waals surface area contributed by atoms with E-state index in [-0.39, 0.29) is 23.3 Å². The Labute approximate surface area is 139 Å². The van der Waals surface area contributed by atoms with Crippen LogP contribution in [0.1, 0.15) is 30.1 Å². The largest absolute Gasteiger partial charge is 0.487 e. The summed E-state index contributed by atoms with van der Waals surface area (Å²) in [6.07, 6.45) is 1.73. The van der Waals surface area contributed by atoms with E-state index in [1.54, 1.807) is 20.1 Å². The molecule has 3 heterocycles. The van der Waals surface area contributed by atoms with Crippen LogP contribution in [0.2, 0.25) is 0 Å². The molecule has 3 rings (SSSR count). The van der Waals surface area contributed by atoms with Gasteiger partial charge >= 0.3 is 0 Å². The number of carbonyl (C=O) groups is 2. The summed E-state index contributed by atoms with van der Waals surface area (Å²) in [4.78, 5) is 26.3. The van der Waals surface area contributed by atoms with Crippen molar-refractivity contribution in [3.05, 3.63) is 17.0 Å². The number of carbonyl (C=O) groups excluding carboxylic acids is 2. The summed E-state index contributed by atoms with van der Waals surface area (Å²) in [5, 5.41) is 5.60. The predicted octanol–water partition coefficient (Wildman–Crippen LogP) is 1.51. The van der Waals surface area contributed by atoms with Gasteiger partial charge in [0.2, 0.25) is 5.91 Å². The highest BCUT2D eigenvalue weighted by molar-refractivity contribution is 7.12. The fourth-order valence-electron chi connectivity index (χ4n) is 3.55. The normalized spacial score (nSPS) is 23.0. The first-order valence-electron chi connectivity index (χ1n) is 7.81. The van der Waals surface area contributed by atoms with Crippen molar-refractivity contribution in [2.75, 3.05) is 33.4 Å². The van der Waals surface area contributed by atoms with Gasteiger partial charge in [0, 0.05) is 38.6 Å². The van der Waals surface area contributed by atoms with Crippen LogP contribution in [0, 0.1) is 5.41 Å². The number of ether oxygens (including phenoxy) is 2. The lowest BCUT2D eigenvalue weighted by Crippen LogP contribution is -2.49. The van der Waals surface area contributed by atoms with E-state index in [9.17, 15) is 9.59 Å². The number of methoxy groups -OCH3 is 1. The highest BCUT2D eigenvalue weighted by Gasteiger charge is 2.48. The number of thiophene rings is 1. The highest BCUT2D eigenvalue weighted by Crippen LogP contribution is 2.40. The van der Waals surface area contributed by atoms with Crippen LogP contribution in [0.15, 0.2) is 11.4 Å². The van der Waals surface area contributed by atoms with Gasteiger partial charge in [0.1, 0.15) is 0 Å². The number of hydrogen-bond acceptors (Lipinski definition) is 5. The standard InChI is InChI=1S/C16H22N2O4S/c1-11(19)18-9-13(16(10-18)4-6-22-7-5-16)17-14(20)12-3-8-23-15(12)21-2/h3,8,13H,4-7,9-10H2,1-2H3,(H,17,20). The molecule has 7 heteroatoms. The molecule has 0 aromatic carbocycles. The second-order valence-electron chi connectivity index (χ2n) is 6.23. The Morgan fingerprint density at radius 3 is 2.83 bits per heavy atom. The number of amides is 2. The molecule has 2 aliphatic heterocycles. The number of rotatable bonds is 3. The molecule has 1 unspecified atom stereocenters. The van der Waals surface area contributed by atoms with E-state index in [0.29, 0.717) is 36.9 Å². The number of nitrogens with one attached hydrogen (secondary N) is 1. The minimum absolute atomic E-state index is 0.0487. The molecule has 2 saturated heterocycles. The summed E-state index contributed by atoms with van der Waals surface area (Å²) in [6, 6.07) is 1.72. The van der Waals surface area contributed by atoms with Crippen molar-refractivity contribution < 1.29 is 19.1 Å². The molecular weight excluding hydrogens is 316 g/mol. The molecule has 2 aliphatic rings. The molecule has 126 valence electrons. The van der Waals surface area contributed by atoms with Crippen LogP contribution in [0.25, 0.3) is 0 Å². The first-order valence-corrected chi connectivity index (χ1v) is 8.69. The topological polar surface area (TPSA) is 67.9 Å². The summed E-state index contributed by atoms with van der Waals surface area (Å²) in [5.41, 5.74) is 0.476. The fraction of sp³-hybridized carbons (Fsp3) is 0.625. The van der Waals surface area contributed by atoms with E-state index in [1.165, 1.54) is 11.3 Å². The van der Waals surface area contributed by atoms with Gasteiger partial charge in [-0.15, -0.1) is 11.3 Å². The maximum Gasteiger partial charge on any atom is 0.256 e. The molecule has 2 fully saturated rings. The fourth-order valence-corrected chi connectivity index (χ4v) is 4.26. The van der Waals surface area contributed by atoms with Crippen molar-refractivity contribution in [1.29, 1.82) is 0 Å². The van der Waals surface area contributed by atoms with E-state index < -0.39 is 0 Å². The van der Waals surface area contributed by atoms with Crippen molar-refractivity contribution in [2.45, 2.75) is 25.8 Å². The van der Waals surface area contributed by atoms with Gasteiger partial charge in [-0.3, -0.25) is 9.59 Å². The first-order chi connectivity index (χ1) is 11.1. The van der Waals surface area contributed by atoms with Gasteiger partial charge in [-0.1, -0.05) is 0 Å². The van der Waals surface area contributed by atoms with Gasteiger partial charge in [0.25, 0.3) is 5.91 Å². The summed E-state index contributed by atoms with van der Waals surface area (Å²) >= 11 is 1.40. The summed E-state index contributed by atoms with van der Waals surface area (Å²) in [5.74, 6) is -0.0786. The monoisotopic (exact) mass is 338 g/mol. The third-order valence-electron chi connectivity index (χ3n) is 4.95. The zero-order valence-electron chi connectivity index (χ0n) is 13.5. The Bertz CT molecular complexity index is 595. The van der Waals surface area contributed by atoms with Gasteiger partial charge in [-0.05, 0) is 24.3 Å². The van der Waals surface area contributed by atoms with Crippen molar-refractivity contribution in [3.8, 4) is 5.06 Å². The van der Waals surface area contributed by atoms with E-state index in [4.69, 9.17) is 9.47 Å². The molecule has 23 heavy (non-hydrogen) atoms. The Hall–Kier alpha value is -1.60. The van der Waals surface area contributed by atoms with Crippen LogP contribution in [-0.4, -0.2) is 56.2 Å². The second kappa shape index (κ2) is 6.49. The molecule has 1 spiro atoms. The Kier molecular flexibility index (Phi) is 4.59. The maximum absolute atomic E-state index is 12.6. The average Bonchev–Trinajstić information content (AvgIpc) is 3.14. The van der Waals surface area contributed by atoms with E-state index in [0.717, 1.165) is 12.8 Å². The molecule has 6 nitrogen and oxygen atoms in total. The van der Waals surface area contributed by atoms with E-state index >= 15 is 0 Å². The maximum atomic E-state index is 12.6.